The van der Waals surface area contributed by atoms with Crippen molar-refractivity contribution in [2.75, 3.05) is 26.4 Å². The van der Waals surface area contributed by atoms with E-state index in [-0.39, 0.29) is 13.2 Å². The molecular formula is C101H132N4O8. The van der Waals surface area contributed by atoms with Gasteiger partial charge in [-0.3, -0.25) is 9.59 Å². The van der Waals surface area contributed by atoms with Gasteiger partial charge in [0.05, 0.1) is 71.3 Å². The molecule has 0 aliphatic carbocycles. The Morgan fingerprint density at radius 3 is 0.761 bits per heavy atom. The lowest BCUT2D eigenvalue weighted by atomic mass is 9.99. The molecule has 0 atom stereocenters. The molecule has 0 bridgehead atoms. The summed E-state index contributed by atoms with van der Waals surface area (Å²) in [4.78, 5) is 49.0. The number of esters is 2. The molecule has 0 fully saturated rings. The molecule has 0 spiro atoms. The number of unbranched alkanes of at least 4 members (excludes halogenated alkanes) is 36. The highest BCUT2D eigenvalue weighted by molar-refractivity contribution is 6.05. The standard InChI is InChI=1S/C101H132N4O8/c1-5-9-13-17-21-25-29-33-37-41-65-108-88-57-49-80(50-58-88)92-61-53-82-45-47-84-55-63-94(104-100(84)98(82)102-92)86-69-78(70-87(73-86)95-64-56-85-48-46-83-54-62-93(103-99(83)101(85)105-95)81-51-59-89(60-52-81)109-66-42-38-34-30-26-22-18-14-10-6-2)76-112-96(106)75-97(107)113-77-79-71-90(110-67-43-39-35-31-27-23-19-15-11-7-3)74-91(72-79)111-68-44-40-36-32-28-24-20-16-12-8-4/h45-64,69-74H,5-44,65-68,75-77H2,1-4H3. The minimum Gasteiger partial charge on any atom is -0.494 e. The largest absolute Gasteiger partial charge is 0.494 e. The molecule has 0 saturated carbocycles. The lowest BCUT2D eigenvalue weighted by Crippen LogP contribution is -2.14. The van der Waals surface area contributed by atoms with Crippen molar-refractivity contribution >= 4 is 55.6 Å². The molecule has 0 N–H and O–H groups in total. The van der Waals surface area contributed by atoms with Gasteiger partial charge in [-0.25, -0.2) is 19.9 Å². The van der Waals surface area contributed by atoms with Gasteiger partial charge in [-0.1, -0.05) is 307 Å². The highest BCUT2D eigenvalue weighted by atomic mass is 16.6. The van der Waals surface area contributed by atoms with E-state index in [1.165, 1.54) is 218 Å². The lowest BCUT2D eigenvalue weighted by molar-refractivity contribution is -0.156. The first kappa shape index (κ1) is 86.5. The van der Waals surface area contributed by atoms with Crippen LogP contribution in [0.3, 0.4) is 0 Å². The van der Waals surface area contributed by atoms with Gasteiger partial charge in [-0.15, -0.1) is 0 Å². The van der Waals surface area contributed by atoms with Gasteiger partial charge in [0.2, 0.25) is 0 Å². The predicted octanol–water partition coefficient (Wildman–Crippen LogP) is 28.9. The first-order valence-electron chi connectivity index (χ1n) is 44.5. The Hall–Kier alpha value is -8.90. The Bertz CT molecular complexity index is 4170. The van der Waals surface area contributed by atoms with Crippen LogP contribution in [0.4, 0.5) is 0 Å². The van der Waals surface area contributed by atoms with Crippen molar-refractivity contribution in [3.8, 4) is 68.0 Å². The maximum atomic E-state index is 13.9. The van der Waals surface area contributed by atoms with Crippen LogP contribution in [0.15, 0.2) is 158 Å². The molecule has 113 heavy (non-hydrogen) atoms. The van der Waals surface area contributed by atoms with Crippen molar-refractivity contribution in [3.05, 3.63) is 169 Å². The average molecular weight is 1530 g/mol. The summed E-state index contributed by atoms with van der Waals surface area (Å²) < 4.78 is 36.9. The van der Waals surface area contributed by atoms with Crippen molar-refractivity contribution in [1.82, 2.24) is 19.9 Å². The van der Waals surface area contributed by atoms with Crippen molar-refractivity contribution in [2.24, 2.45) is 0 Å². The van der Waals surface area contributed by atoms with Crippen molar-refractivity contribution in [3.63, 3.8) is 0 Å². The molecule has 10 rings (SSSR count). The second kappa shape index (κ2) is 50.4. The van der Waals surface area contributed by atoms with Crippen LogP contribution in [-0.2, 0) is 32.3 Å². The van der Waals surface area contributed by atoms with Crippen molar-refractivity contribution in [1.29, 1.82) is 0 Å². The first-order valence-corrected chi connectivity index (χ1v) is 44.5. The monoisotopic (exact) mass is 1530 g/mol. The molecule has 0 aliphatic rings. The second-order valence-electron chi connectivity index (χ2n) is 31.6. The van der Waals surface area contributed by atoms with E-state index in [0.29, 0.717) is 54.9 Å². The zero-order chi connectivity index (χ0) is 78.5. The van der Waals surface area contributed by atoms with E-state index in [1.807, 2.05) is 66.7 Å². The van der Waals surface area contributed by atoms with Crippen LogP contribution in [0.1, 0.15) is 302 Å². The van der Waals surface area contributed by atoms with Crippen molar-refractivity contribution in [2.45, 2.75) is 304 Å². The fraction of sp³-hybridized carbons (Fsp3) is 0.505. The van der Waals surface area contributed by atoms with Crippen LogP contribution in [0, 0.1) is 0 Å². The molecule has 12 heteroatoms. The smallest absolute Gasteiger partial charge is 0.317 e. The maximum Gasteiger partial charge on any atom is 0.317 e. The number of fused-ring (bicyclic) bond motifs is 6. The number of nitrogens with zero attached hydrogens (tertiary/aromatic N) is 4. The third-order valence-electron chi connectivity index (χ3n) is 22.0. The van der Waals surface area contributed by atoms with Crippen LogP contribution in [-0.4, -0.2) is 58.3 Å². The highest BCUT2D eigenvalue weighted by Gasteiger charge is 2.19. The SMILES string of the molecule is CCCCCCCCCCCCOc1ccc(-c2ccc3ccc4ccc(-c5cc(COC(=O)CC(=O)OCc6cc(OCCCCCCCCCCCC)cc(OCCCCCCCCCCCC)c6)cc(-c6ccc7ccc8ccc(-c9ccc(OCCCCCCCCCCCC)cc9)nc8c7n6)c5)nc4c3n2)cc1. The Morgan fingerprint density at radius 1 is 0.239 bits per heavy atom. The number of rotatable bonds is 58. The number of benzene rings is 6. The minimum absolute atomic E-state index is 0.0541. The van der Waals surface area contributed by atoms with Gasteiger partial charge in [0.25, 0.3) is 0 Å². The van der Waals surface area contributed by atoms with Crippen LogP contribution in [0.2, 0.25) is 0 Å². The van der Waals surface area contributed by atoms with Crippen molar-refractivity contribution < 1.29 is 38.0 Å². The maximum absolute atomic E-state index is 13.9. The Balaban J connectivity index is 0.838. The summed E-state index contributed by atoms with van der Waals surface area (Å²) in [5, 5.41) is 3.84. The number of ether oxygens (including phenoxy) is 6. The summed E-state index contributed by atoms with van der Waals surface area (Å²) in [6.07, 6.45) is 50.1. The molecule has 4 aromatic heterocycles. The van der Waals surface area contributed by atoms with Gasteiger partial charge >= 0.3 is 11.9 Å². The zero-order valence-corrected chi connectivity index (χ0v) is 69.3. The minimum atomic E-state index is -0.705. The Labute approximate surface area is 677 Å². The number of hydrogen-bond acceptors (Lipinski definition) is 12. The predicted molar refractivity (Wildman–Crippen MR) is 469 cm³/mol. The molecule has 604 valence electrons. The first-order chi connectivity index (χ1) is 55.7. The fourth-order valence-corrected chi connectivity index (χ4v) is 15.2. The summed E-state index contributed by atoms with van der Waals surface area (Å²) in [5.41, 5.74) is 11.1. The molecule has 0 unspecified atom stereocenters. The van der Waals surface area contributed by atoms with Gasteiger partial charge in [-0.2, -0.15) is 0 Å². The molecular weight excluding hydrogens is 1400 g/mol. The van der Waals surface area contributed by atoms with Crippen LogP contribution < -0.4 is 18.9 Å². The molecule has 6 aromatic carbocycles. The number of carbonyl (C=O) groups excluding carboxylic acids is 2. The van der Waals surface area contributed by atoms with Gasteiger partial charge in [0, 0.05) is 49.9 Å². The molecule has 0 amide bonds. The third-order valence-corrected chi connectivity index (χ3v) is 22.0. The summed E-state index contributed by atoms with van der Waals surface area (Å²) in [6.45, 7) is 11.5. The van der Waals surface area contributed by atoms with Crippen LogP contribution >= 0.6 is 0 Å². The van der Waals surface area contributed by atoms with E-state index in [9.17, 15) is 9.59 Å². The summed E-state index contributed by atoms with van der Waals surface area (Å²) >= 11 is 0. The molecule has 0 radical (unpaired) electrons. The Kier molecular flexibility index (Phi) is 38.5. The fourth-order valence-electron chi connectivity index (χ4n) is 15.2. The number of hydrogen-bond donors (Lipinski definition) is 0. The molecule has 0 saturated heterocycles. The molecule has 10 aromatic rings. The normalized spacial score (nSPS) is 11.5. The molecule has 4 heterocycles. The van der Waals surface area contributed by atoms with E-state index < -0.39 is 18.4 Å². The van der Waals surface area contributed by atoms with E-state index in [4.69, 9.17) is 48.4 Å². The van der Waals surface area contributed by atoms with Gasteiger partial charge < -0.3 is 28.4 Å². The number of carbonyl (C=O) groups is 2. The van der Waals surface area contributed by atoms with E-state index in [2.05, 4.69) is 119 Å². The van der Waals surface area contributed by atoms with Gasteiger partial charge in [0.1, 0.15) is 42.6 Å². The Morgan fingerprint density at radius 2 is 0.478 bits per heavy atom. The number of aromatic nitrogens is 4. The van der Waals surface area contributed by atoms with Gasteiger partial charge in [-0.05, 0) is 140 Å². The third kappa shape index (κ3) is 30.1. The summed E-state index contributed by atoms with van der Waals surface area (Å²) in [6, 6.07) is 53.3. The quantitative estimate of drug-likeness (QED) is 0.0155. The zero-order valence-electron chi connectivity index (χ0n) is 69.3. The highest BCUT2D eigenvalue weighted by Crippen LogP contribution is 2.36. The average Bonchev–Trinajstić information content (AvgIpc) is 0.769. The lowest BCUT2D eigenvalue weighted by Gasteiger charge is -2.14. The second-order valence-corrected chi connectivity index (χ2v) is 31.6. The van der Waals surface area contributed by atoms with Crippen LogP contribution in [0.5, 0.6) is 23.0 Å². The number of pyridine rings is 4. The van der Waals surface area contributed by atoms with Gasteiger partial charge in [0.15, 0.2) is 0 Å². The molecule has 12 nitrogen and oxygen atoms in total. The summed E-state index contributed by atoms with van der Waals surface area (Å²) in [7, 11) is 0. The van der Waals surface area contributed by atoms with Crippen LogP contribution in [0.25, 0.3) is 88.6 Å². The topological polar surface area (TPSA) is 141 Å². The van der Waals surface area contributed by atoms with E-state index >= 15 is 0 Å². The summed E-state index contributed by atoms with van der Waals surface area (Å²) in [5.74, 6) is 1.68. The van der Waals surface area contributed by atoms with E-state index in [1.54, 1.807) is 0 Å². The molecule has 0 aliphatic heterocycles. The van der Waals surface area contributed by atoms with E-state index in [0.717, 1.165) is 133 Å².